The van der Waals surface area contributed by atoms with E-state index in [4.69, 9.17) is 0 Å². The molecule has 1 atom stereocenters. The summed E-state index contributed by atoms with van der Waals surface area (Å²) in [4.78, 5) is 0. The summed E-state index contributed by atoms with van der Waals surface area (Å²) in [6.45, 7) is 6.61. The van der Waals surface area contributed by atoms with E-state index in [-0.39, 0.29) is 11.9 Å². The Hall–Kier alpha value is -0.930. The molecular formula is C15H24FNO. The minimum Gasteiger partial charge on any atom is -0.389 e. The Morgan fingerprint density at radius 3 is 2.56 bits per heavy atom. The van der Waals surface area contributed by atoms with Crippen molar-refractivity contribution >= 4 is 0 Å². The second-order valence-corrected chi connectivity index (χ2v) is 5.05. The van der Waals surface area contributed by atoms with Gasteiger partial charge in [-0.15, -0.1) is 0 Å². The predicted molar refractivity (Wildman–Crippen MR) is 73.1 cm³/mol. The molecule has 0 saturated heterocycles. The third-order valence-corrected chi connectivity index (χ3v) is 3.53. The average molecular weight is 253 g/mol. The molecule has 0 aliphatic heterocycles. The SMILES string of the molecule is CCC(O)(CC)CNC(C)Cc1cccc(F)c1. The van der Waals surface area contributed by atoms with Crippen LogP contribution in [-0.2, 0) is 6.42 Å². The molecule has 0 aliphatic rings. The number of rotatable bonds is 7. The van der Waals surface area contributed by atoms with Crippen LogP contribution in [0.4, 0.5) is 4.39 Å². The molecule has 0 spiro atoms. The fourth-order valence-corrected chi connectivity index (χ4v) is 1.95. The molecule has 2 nitrogen and oxygen atoms in total. The largest absolute Gasteiger partial charge is 0.389 e. The van der Waals surface area contributed by atoms with Crippen molar-refractivity contribution in [2.24, 2.45) is 0 Å². The van der Waals surface area contributed by atoms with Crippen LogP contribution in [0.2, 0.25) is 0 Å². The number of aliphatic hydroxyl groups is 1. The minimum atomic E-state index is -0.629. The zero-order valence-electron chi connectivity index (χ0n) is 11.5. The molecule has 1 aromatic carbocycles. The van der Waals surface area contributed by atoms with Crippen LogP contribution in [0.1, 0.15) is 39.2 Å². The Bertz CT molecular complexity index is 363. The summed E-state index contributed by atoms with van der Waals surface area (Å²) in [5.74, 6) is -0.196. The van der Waals surface area contributed by atoms with Crippen molar-refractivity contribution in [1.29, 1.82) is 0 Å². The maximum absolute atomic E-state index is 13.0. The first-order valence-corrected chi connectivity index (χ1v) is 6.69. The van der Waals surface area contributed by atoms with Crippen LogP contribution < -0.4 is 5.32 Å². The number of hydrogen-bond acceptors (Lipinski definition) is 2. The van der Waals surface area contributed by atoms with E-state index in [9.17, 15) is 9.50 Å². The molecule has 3 heteroatoms. The van der Waals surface area contributed by atoms with E-state index >= 15 is 0 Å². The Morgan fingerprint density at radius 1 is 1.33 bits per heavy atom. The van der Waals surface area contributed by atoms with E-state index in [0.717, 1.165) is 24.8 Å². The van der Waals surface area contributed by atoms with Crippen molar-refractivity contribution in [2.75, 3.05) is 6.54 Å². The second kappa shape index (κ2) is 6.86. The van der Waals surface area contributed by atoms with Crippen molar-refractivity contribution in [3.8, 4) is 0 Å². The molecule has 0 fully saturated rings. The highest BCUT2D eigenvalue weighted by molar-refractivity contribution is 5.17. The lowest BCUT2D eigenvalue weighted by atomic mass is 9.97. The minimum absolute atomic E-state index is 0.196. The summed E-state index contributed by atoms with van der Waals surface area (Å²) >= 11 is 0. The number of halogens is 1. The number of benzene rings is 1. The maximum atomic E-state index is 13.0. The highest BCUT2D eigenvalue weighted by Gasteiger charge is 2.22. The van der Waals surface area contributed by atoms with Crippen LogP contribution in [0.25, 0.3) is 0 Å². The van der Waals surface area contributed by atoms with Gasteiger partial charge in [0, 0.05) is 12.6 Å². The summed E-state index contributed by atoms with van der Waals surface area (Å²) in [6, 6.07) is 6.88. The summed E-state index contributed by atoms with van der Waals surface area (Å²) in [5.41, 5.74) is 0.350. The monoisotopic (exact) mass is 253 g/mol. The van der Waals surface area contributed by atoms with Gasteiger partial charge >= 0.3 is 0 Å². The second-order valence-electron chi connectivity index (χ2n) is 5.05. The van der Waals surface area contributed by atoms with Gasteiger partial charge in [0.05, 0.1) is 5.60 Å². The normalized spacial score (nSPS) is 13.6. The van der Waals surface area contributed by atoms with Gasteiger partial charge in [-0.25, -0.2) is 4.39 Å². The van der Waals surface area contributed by atoms with Crippen LogP contribution in [0.5, 0.6) is 0 Å². The van der Waals surface area contributed by atoms with E-state index in [1.54, 1.807) is 12.1 Å². The molecule has 1 unspecified atom stereocenters. The predicted octanol–water partition coefficient (Wildman–Crippen LogP) is 2.90. The van der Waals surface area contributed by atoms with Crippen LogP contribution in [0.15, 0.2) is 24.3 Å². The Balaban J connectivity index is 2.45. The third kappa shape index (κ3) is 4.75. The van der Waals surface area contributed by atoms with Crippen molar-refractivity contribution in [1.82, 2.24) is 5.32 Å². The lowest BCUT2D eigenvalue weighted by Gasteiger charge is -2.27. The van der Waals surface area contributed by atoms with Crippen molar-refractivity contribution < 1.29 is 9.50 Å². The van der Waals surface area contributed by atoms with E-state index in [1.165, 1.54) is 6.07 Å². The Kier molecular flexibility index (Phi) is 5.76. The van der Waals surface area contributed by atoms with Crippen molar-refractivity contribution in [3.63, 3.8) is 0 Å². The smallest absolute Gasteiger partial charge is 0.123 e. The van der Waals surface area contributed by atoms with E-state index in [0.29, 0.717) is 6.54 Å². The van der Waals surface area contributed by atoms with Gasteiger partial charge in [0.1, 0.15) is 5.82 Å². The van der Waals surface area contributed by atoms with Crippen molar-refractivity contribution in [2.45, 2.75) is 51.7 Å². The van der Waals surface area contributed by atoms with E-state index in [1.807, 2.05) is 19.9 Å². The Morgan fingerprint density at radius 2 is 2.00 bits per heavy atom. The zero-order chi connectivity index (χ0) is 13.6. The van der Waals surface area contributed by atoms with Gasteiger partial charge in [-0.3, -0.25) is 0 Å². The molecule has 1 aromatic rings. The molecular weight excluding hydrogens is 229 g/mol. The summed E-state index contributed by atoms with van der Waals surface area (Å²) in [6.07, 6.45) is 2.24. The Labute approximate surface area is 109 Å². The van der Waals surface area contributed by atoms with Crippen LogP contribution in [0.3, 0.4) is 0 Å². The van der Waals surface area contributed by atoms with Crippen molar-refractivity contribution in [3.05, 3.63) is 35.6 Å². The average Bonchev–Trinajstić information content (AvgIpc) is 2.36. The fraction of sp³-hybridized carbons (Fsp3) is 0.600. The highest BCUT2D eigenvalue weighted by Crippen LogP contribution is 2.14. The third-order valence-electron chi connectivity index (χ3n) is 3.53. The summed E-state index contributed by atoms with van der Waals surface area (Å²) < 4.78 is 13.0. The van der Waals surface area contributed by atoms with Crippen LogP contribution in [0, 0.1) is 5.82 Å². The first-order chi connectivity index (χ1) is 8.49. The molecule has 0 amide bonds. The quantitative estimate of drug-likeness (QED) is 0.783. The molecule has 0 bridgehead atoms. The van der Waals surface area contributed by atoms with Gasteiger partial charge in [-0.1, -0.05) is 26.0 Å². The molecule has 2 N–H and O–H groups in total. The summed E-state index contributed by atoms with van der Waals surface area (Å²) in [7, 11) is 0. The molecule has 0 heterocycles. The van der Waals surface area contributed by atoms with Gasteiger partial charge in [0.2, 0.25) is 0 Å². The van der Waals surface area contributed by atoms with E-state index < -0.39 is 5.60 Å². The van der Waals surface area contributed by atoms with Gasteiger partial charge < -0.3 is 10.4 Å². The van der Waals surface area contributed by atoms with Gasteiger partial charge in [-0.2, -0.15) is 0 Å². The molecule has 18 heavy (non-hydrogen) atoms. The number of hydrogen-bond donors (Lipinski definition) is 2. The first kappa shape index (κ1) is 15.1. The molecule has 0 saturated carbocycles. The van der Waals surface area contributed by atoms with E-state index in [2.05, 4.69) is 12.2 Å². The topological polar surface area (TPSA) is 32.3 Å². The highest BCUT2D eigenvalue weighted by atomic mass is 19.1. The molecule has 0 aromatic heterocycles. The maximum Gasteiger partial charge on any atom is 0.123 e. The van der Waals surface area contributed by atoms with Crippen LogP contribution in [-0.4, -0.2) is 23.3 Å². The van der Waals surface area contributed by atoms with Gasteiger partial charge in [0.25, 0.3) is 0 Å². The number of nitrogens with one attached hydrogen (secondary N) is 1. The fourth-order valence-electron chi connectivity index (χ4n) is 1.95. The molecule has 1 rings (SSSR count). The molecule has 0 aliphatic carbocycles. The molecule has 0 radical (unpaired) electrons. The zero-order valence-corrected chi connectivity index (χ0v) is 11.5. The molecule has 102 valence electrons. The van der Waals surface area contributed by atoms with Gasteiger partial charge in [-0.05, 0) is 43.9 Å². The van der Waals surface area contributed by atoms with Gasteiger partial charge in [0.15, 0.2) is 0 Å². The summed E-state index contributed by atoms with van der Waals surface area (Å²) in [5, 5.41) is 13.5. The standard InChI is InChI=1S/C15H24FNO/c1-4-15(18,5-2)11-17-12(3)9-13-7-6-8-14(16)10-13/h6-8,10,12,17-18H,4-5,9,11H2,1-3H3. The first-order valence-electron chi connectivity index (χ1n) is 6.69. The lowest BCUT2D eigenvalue weighted by Crippen LogP contribution is -2.43. The lowest BCUT2D eigenvalue weighted by molar-refractivity contribution is 0.0303. The van der Waals surface area contributed by atoms with Crippen LogP contribution >= 0.6 is 0 Å².